The molecule has 19 heavy (non-hydrogen) atoms. The lowest BCUT2D eigenvalue weighted by Gasteiger charge is -2.05. The van der Waals surface area contributed by atoms with E-state index in [0.717, 1.165) is 32.5 Å². The normalized spacial score (nSPS) is 13.1. The molecule has 0 unspecified atom stereocenters. The van der Waals surface area contributed by atoms with Crippen molar-refractivity contribution in [1.29, 1.82) is 0 Å². The maximum atomic E-state index is 10.8. The van der Waals surface area contributed by atoms with E-state index in [2.05, 4.69) is 27.1 Å². The maximum absolute atomic E-state index is 10.8. The molecule has 0 amide bonds. The van der Waals surface area contributed by atoms with Gasteiger partial charge in [0.05, 0.1) is 17.3 Å². The predicted octanol–water partition coefficient (Wildman–Crippen LogP) is 2.70. The van der Waals surface area contributed by atoms with Crippen LogP contribution in [-0.2, 0) is 12.8 Å². The molecule has 0 bridgehead atoms. The summed E-state index contributed by atoms with van der Waals surface area (Å²) in [5.41, 5.74) is 3.17. The molecule has 98 valence electrons. The molecule has 1 aliphatic rings. The molecule has 0 fully saturated rings. The van der Waals surface area contributed by atoms with E-state index in [9.17, 15) is 4.79 Å². The topological polar surface area (TPSA) is 64.3 Å². The fourth-order valence-corrected chi connectivity index (χ4v) is 2.88. The van der Waals surface area contributed by atoms with Crippen molar-refractivity contribution in [2.24, 2.45) is 0 Å². The van der Waals surface area contributed by atoms with Gasteiger partial charge in [-0.05, 0) is 38.7 Å². The first-order chi connectivity index (χ1) is 9.13. The number of halogens is 1. The Labute approximate surface area is 117 Å². The molecule has 5 nitrogen and oxygen atoms in total. The van der Waals surface area contributed by atoms with Gasteiger partial charge in [-0.3, -0.25) is 0 Å². The van der Waals surface area contributed by atoms with Gasteiger partial charge in [-0.1, -0.05) is 6.07 Å². The van der Waals surface area contributed by atoms with Gasteiger partial charge in [0.1, 0.15) is 5.75 Å². The van der Waals surface area contributed by atoms with Gasteiger partial charge < -0.3 is 9.84 Å². The van der Waals surface area contributed by atoms with Crippen LogP contribution in [0, 0.1) is 0 Å². The van der Waals surface area contributed by atoms with Crippen molar-refractivity contribution in [3.8, 4) is 5.75 Å². The first-order valence-electron chi connectivity index (χ1n) is 5.84. The van der Waals surface area contributed by atoms with Gasteiger partial charge in [0, 0.05) is 19.0 Å². The van der Waals surface area contributed by atoms with Crippen LogP contribution in [0.2, 0.25) is 0 Å². The number of nitrogens with zero attached hydrogens (tertiary/aromatic N) is 2. The molecule has 0 atom stereocenters. The lowest BCUT2D eigenvalue weighted by molar-refractivity contribution is 0.192. The molecule has 0 spiro atoms. The molecular formula is C13H11BrN2O3. The minimum atomic E-state index is -1.07. The molecule has 0 saturated carbocycles. The zero-order valence-corrected chi connectivity index (χ0v) is 11.6. The summed E-state index contributed by atoms with van der Waals surface area (Å²) in [5.74, 6) is 0.921. The van der Waals surface area contributed by atoms with Gasteiger partial charge in [0.15, 0.2) is 0 Å². The van der Waals surface area contributed by atoms with Crippen LogP contribution in [0.25, 0.3) is 0 Å². The summed E-state index contributed by atoms with van der Waals surface area (Å²) in [5, 5.41) is 12.6. The third kappa shape index (κ3) is 2.35. The zero-order valence-electron chi connectivity index (χ0n) is 9.97. The van der Waals surface area contributed by atoms with Crippen molar-refractivity contribution in [3.05, 3.63) is 45.7 Å². The molecule has 1 N–H and O–H groups in total. The Kier molecular flexibility index (Phi) is 3.02. The molecule has 1 aromatic carbocycles. The fourth-order valence-electron chi connectivity index (χ4n) is 2.22. The second-order valence-electron chi connectivity index (χ2n) is 4.42. The average Bonchev–Trinajstić information content (AvgIpc) is 2.97. The second-order valence-corrected chi connectivity index (χ2v) is 5.27. The van der Waals surface area contributed by atoms with Crippen LogP contribution in [0.4, 0.5) is 4.79 Å². The Morgan fingerprint density at radius 2 is 2.32 bits per heavy atom. The molecule has 0 aliphatic carbocycles. The number of ether oxygens (including phenoxy) is 1. The number of carboxylic acid groups (broad SMARTS) is 1. The molecule has 2 aromatic rings. The van der Waals surface area contributed by atoms with Crippen LogP contribution in [0.5, 0.6) is 5.75 Å². The van der Waals surface area contributed by atoms with Gasteiger partial charge in [-0.2, -0.15) is 9.78 Å². The summed E-state index contributed by atoms with van der Waals surface area (Å²) >= 11 is 3.50. The Hall–Kier alpha value is -1.82. The highest BCUT2D eigenvalue weighted by Gasteiger charge is 2.17. The predicted molar refractivity (Wildman–Crippen MR) is 71.8 cm³/mol. The van der Waals surface area contributed by atoms with Crippen molar-refractivity contribution < 1.29 is 14.6 Å². The largest absolute Gasteiger partial charge is 0.492 e. The Balaban J connectivity index is 1.87. The first kappa shape index (κ1) is 12.2. The molecule has 0 saturated heterocycles. The quantitative estimate of drug-likeness (QED) is 0.923. The van der Waals surface area contributed by atoms with Crippen LogP contribution in [0.3, 0.4) is 0 Å². The summed E-state index contributed by atoms with van der Waals surface area (Å²) in [6.45, 7) is 0.717. The van der Waals surface area contributed by atoms with Crippen molar-refractivity contribution in [2.45, 2.75) is 12.8 Å². The number of hydrogen-bond acceptors (Lipinski definition) is 3. The van der Waals surface area contributed by atoms with E-state index in [1.54, 1.807) is 6.20 Å². The molecule has 0 radical (unpaired) electrons. The minimum absolute atomic E-state index is 0.652. The zero-order chi connectivity index (χ0) is 13.4. The third-order valence-corrected chi connectivity index (χ3v) is 3.63. The highest BCUT2D eigenvalue weighted by atomic mass is 79.9. The van der Waals surface area contributed by atoms with E-state index in [1.807, 2.05) is 6.07 Å². The highest BCUT2D eigenvalue weighted by molar-refractivity contribution is 9.10. The standard InChI is InChI=1S/C13H11BrN2O3/c14-11-5-8(4-10-1-2-19-12(10)11)3-9-6-15-16(7-9)13(17)18/h4-7H,1-3H2,(H,17,18). The molecule has 1 aliphatic heterocycles. The van der Waals surface area contributed by atoms with Crippen LogP contribution in [0.1, 0.15) is 16.7 Å². The van der Waals surface area contributed by atoms with Crippen LogP contribution in [0.15, 0.2) is 29.0 Å². The fraction of sp³-hybridized carbons (Fsp3) is 0.231. The van der Waals surface area contributed by atoms with Crippen LogP contribution in [-0.4, -0.2) is 27.6 Å². The highest BCUT2D eigenvalue weighted by Crippen LogP contribution is 2.35. The van der Waals surface area contributed by atoms with E-state index in [0.29, 0.717) is 13.0 Å². The molecule has 2 heterocycles. The van der Waals surface area contributed by atoms with Gasteiger partial charge >= 0.3 is 6.09 Å². The van der Waals surface area contributed by atoms with Gasteiger partial charge in [-0.25, -0.2) is 4.79 Å². The lowest BCUT2D eigenvalue weighted by Crippen LogP contribution is -2.07. The van der Waals surface area contributed by atoms with Crippen molar-refractivity contribution >= 4 is 22.0 Å². The van der Waals surface area contributed by atoms with E-state index in [-0.39, 0.29) is 0 Å². The van der Waals surface area contributed by atoms with E-state index in [4.69, 9.17) is 9.84 Å². The average molecular weight is 323 g/mol. The first-order valence-corrected chi connectivity index (χ1v) is 6.64. The summed E-state index contributed by atoms with van der Waals surface area (Å²) in [6.07, 6.45) is 3.59. The number of rotatable bonds is 2. The summed E-state index contributed by atoms with van der Waals surface area (Å²) < 4.78 is 7.39. The number of aromatic nitrogens is 2. The summed E-state index contributed by atoms with van der Waals surface area (Å²) in [6, 6.07) is 4.10. The number of benzene rings is 1. The van der Waals surface area contributed by atoms with Gasteiger partial charge in [-0.15, -0.1) is 0 Å². The Morgan fingerprint density at radius 3 is 3.05 bits per heavy atom. The third-order valence-electron chi connectivity index (χ3n) is 3.04. The van der Waals surface area contributed by atoms with E-state index < -0.39 is 6.09 Å². The van der Waals surface area contributed by atoms with Crippen LogP contribution >= 0.6 is 15.9 Å². The van der Waals surface area contributed by atoms with Gasteiger partial charge in [0.25, 0.3) is 0 Å². The second kappa shape index (κ2) is 4.70. The SMILES string of the molecule is O=C(O)n1cc(Cc2cc(Br)c3c(c2)CCO3)cn1. The summed E-state index contributed by atoms with van der Waals surface area (Å²) in [4.78, 5) is 10.8. The number of carbonyl (C=O) groups is 1. The van der Waals surface area contributed by atoms with Crippen LogP contribution < -0.4 is 4.74 Å². The number of fused-ring (bicyclic) bond motifs is 1. The number of hydrogen-bond donors (Lipinski definition) is 1. The minimum Gasteiger partial charge on any atom is -0.492 e. The summed E-state index contributed by atoms with van der Waals surface area (Å²) in [7, 11) is 0. The van der Waals surface area contributed by atoms with Crippen molar-refractivity contribution in [3.63, 3.8) is 0 Å². The molecule has 6 heteroatoms. The smallest absolute Gasteiger partial charge is 0.432 e. The molecule has 3 rings (SSSR count). The Morgan fingerprint density at radius 1 is 1.47 bits per heavy atom. The van der Waals surface area contributed by atoms with Crippen molar-refractivity contribution in [2.75, 3.05) is 6.61 Å². The van der Waals surface area contributed by atoms with E-state index in [1.165, 1.54) is 11.8 Å². The molecule has 1 aromatic heterocycles. The maximum Gasteiger partial charge on any atom is 0.432 e. The molecular weight excluding hydrogens is 312 g/mol. The monoisotopic (exact) mass is 322 g/mol. The van der Waals surface area contributed by atoms with Gasteiger partial charge in [0.2, 0.25) is 0 Å². The lowest BCUT2D eigenvalue weighted by atomic mass is 10.0. The van der Waals surface area contributed by atoms with E-state index >= 15 is 0 Å². The Bertz CT molecular complexity index is 651. The van der Waals surface area contributed by atoms with Crippen molar-refractivity contribution in [1.82, 2.24) is 9.78 Å².